The normalized spacial score (nSPS) is 32.5. The van der Waals surface area contributed by atoms with Gasteiger partial charge < -0.3 is 15.1 Å². The van der Waals surface area contributed by atoms with Crippen LogP contribution in [0.25, 0.3) is 0 Å². The number of carbonyl (C=O) groups is 2. The minimum atomic E-state index is -0.312. The van der Waals surface area contributed by atoms with E-state index in [0.29, 0.717) is 16.9 Å². The van der Waals surface area contributed by atoms with Crippen LogP contribution in [-0.2, 0) is 9.59 Å². The topological polar surface area (TPSA) is 52.7 Å². The Morgan fingerprint density at radius 1 is 1.25 bits per heavy atom. The molecule has 24 heavy (non-hydrogen) atoms. The Bertz CT molecular complexity index is 668. The van der Waals surface area contributed by atoms with Gasteiger partial charge in [0.25, 0.3) is 0 Å². The van der Waals surface area contributed by atoms with Crippen molar-refractivity contribution >= 4 is 23.4 Å². The van der Waals surface area contributed by atoms with Gasteiger partial charge in [0.2, 0.25) is 11.8 Å². The molecule has 1 aromatic carbocycles. The predicted octanol–water partition coefficient (Wildman–Crippen LogP) is 1.54. The molecule has 1 N–H and O–H groups in total. The summed E-state index contributed by atoms with van der Waals surface area (Å²) in [6, 6.07) is 7.29. The van der Waals surface area contributed by atoms with Crippen molar-refractivity contribution in [2.75, 3.05) is 33.2 Å². The molecule has 1 aromatic rings. The van der Waals surface area contributed by atoms with E-state index in [1.165, 1.54) is 0 Å². The molecule has 3 fully saturated rings. The number of fused-ring (bicyclic) bond motifs is 1. The van der Waals surface area contributed by atoms with Crippen molar-refractivity contribution < 1.29 is 9.59 Å². The highest BCUT2D eigenvalue weighted by Crippen LogP contribution is 2.40. The first-order valence-corrected chi connectivity index (χ1v) is 8.93. The van der Waals surface area contributed by atoms with E-state index in [2.05, 4.69) is 5.32 Å². The number of nitrogens with one attached hydrogen (secondary N) is 1. The number of hydrogen-bond acceptors (Lipinski definition) is 3. The lowest BCUT2D eigenvalue weighted by Crippen LogP contribution is -2.38. The maximum atomic E-state index is 13.1. The number of halogens is 1. The van der Waals surface area contributed by atoms with Crippen molar-refractivity contribution in [1.82, 2.24) is 15.1 Å². The number of hydrogen-bond donors (Lipinski definition) is 1. The average Bonchev–Trinajstić information content (AvgIpc) is 3.21. The van der Waals surface area contributed by atoms with Crippen molar-refractivity contribution in [2.45, 2.75) is 12.5 Å². The summed E-state index contributed by atoms with van der Waals surface area (Å²) in [4.78, 5) is 29.1. The third-order valence-corrected chi connectivity index (χ3v) is 6.03. The number of rotatable bonds is 2. The number of amides is 2. The van der Waals surface area contributed by atoms with E-state index in [9.17, 15) is 9.59 Å². The fourth-order valence-corrected chi connectivity index (χ4v) is 4.71. The largest absolute Gasteiger partial charge is 0.342 e. The molecule has 0 radical (unpaired) electrons. The van der Waals surface area contributed by atoms with Crippen molar-refractivity contribution in [3.63, 3.8) is 0 Å². The van der Waals surface area contributed by atoms with Crippen LogP contribution in [0, 0.1) is 17.8 Å². The van der Waals surface area contributed by atoms with Gasteiger partial charge in [0.15, 0.2) is 0 Å². The Morgan fingerprint density at radius 2 is 1.96 bits per heavy atom. The van der Waals surface area contributed by atoms with Crippen molar-refractivity contribution in [2.24, 2.45) is 17.8 Å². The number of benzene rings is 1. The van der Waals surface area contributed by atoms with Crippen LogP contribution in [0.1, 0.15) is 18.0 Å². The van der Waals surface area contributed by atoms with Crippen molar-refractivity contribution in [3.8, 4) is 0 Å². The van der Waals surface area contributed by atoms with Crippen molar-refractivity contribution in [1.29, 1.82) is 0 Å². The molecule has 0 saturated carbocycles. The van der Waals surface area contributed by atoms with Crippen LogP contribution in [0.2, 0.25) is 5.02 Å². The molecule has 2 unspecified atom stereocenters. The fourth-order valence-electron chi connectivity index (χ4n) is 4.51. The molecule has 0 aromatic heterocycles. The Labute approximate surface area is 146 Å². The van der Waals surface area contributed by atoms with E-state index in [1.54, 1.807) is 11.9 Å². The van der Waals surface area contributed by atoms with Crippen LogP contribution in [-0.4, -0.2) is 54.8 Å². The summed E-state index contributed by atoms with van der Waals surface area (Å²) in [7, 11) is 1.78. The number of carbonyl (C=O) groups excluding carboxylic acids is 2. The SMILES string of the molecule is CN1C(=O)CC(C(=O)N2C[C@H]3CNC[C@H]3C2)C1c1cccc(Cl)c1. The third-order valence-electron chi connectivity index (χ3n) is 5.79. The summed E-state index contributed by atoms with van der Waals surface area (Å²) in [5, 5.41) is 4.03. The number of nitrogens with zero attached hydrogens (tertiary/aromatic N) is 2. The molecule has 5 nitrogen and oxygen atoms in total. The van der Waals surface area contributed by atoms with Gasteiger partial charge in [-0.25, -0.2) is 0 Å². The second kappa shape index (κ2) is 6.05. The second-order valence-corrected chi connectivity index (χ2v) is 7.67. The lowest BCUT2D eigenvalue weighted by Gasteiger charge is -2.28. The predicted molar refractivity (Wildman–Crippen MR) is 91.5 cm³/mol. The fraction of sp³-hybridized carbons (Fsp3) is 0.556. The smallest absolute Gasteiger partial charge is 0.228 e. The Morgan fingerprint density at radius 3 is 2.62 bits per heavy atom. The molecule has 2 amide bonds. The highest BCUT2D eigenvalue weighted by Gasteiger charge is 2.47. The van der Waals surface area contributed by atoms with Gasteiger partial charge in [-0.05, 0) is 29.5 Å². The highest BCUT2D eigenvalue weighted by atomic mass is 35.5. The molecule has 4 rings (SSSR count). The van der Waals surface area contributed by atoms with Gasteiger partial charge in [-0.3, -0.25) is 9.59 Å². The standard InChI is InChI=1S/C18H22ClN3O2/c1-21-16(23)6-15(17(21)11-3-2-4-14(19)5-11)18(24)22-9-12-7-20-8-13(12)10-22/h2-5,12-13,15,17,20H,6-10H2,1H3/t12-,13+,15?,17?. The van der Waals surface area contributed by atoms with Gasteiger partial charge in [-0.1, -0.05) is 23.7 Å². The number of likely N-dealkylation sites (tertiary alicyclic amines) is 2. The van der Waals surface area contributed by atoms with Gasteiger partial charge >= 0.3 is 0 Å². The molecule has 0 bridgehead atoms. The summed E-state index contributed by atoms with van der Waals surface area (Å²) in [6.07, 6.45) is 0.288. The molecule has 6 heteroatoms. The maximum absolute atomic E-state index is 13.1. The van der Waals surface area contributed by atoms with E-state index in [-0.39, 0.29) is 30.2 Å². The summed E-state index contributed by atoms with van der Waals surface area (Å²) < 4.78 is 0. The molecule has 0 spiro atoms. The van der Waals surface area contributed by atoms with Gasteiger partial charge in [0.1, 0.15) is 0 Å². The molecule has 128 valence electrons. The zero-order chi connectivity index (χ0) is 16.8. The molecule has 3 saturated heterocycles. The zero-order valence-corrected chi connectivity index (χ0v) is 14.5. The van der Waals surface area contributed by atoms with Gasteiger partial charge in [0, 0.05) is 44.7 Å². The van der Waals surface area contributed by atoms with Crippen LogP contribution >= 0.6 is 11.6 Å². The van der Waals surface area contributed by atoms with E-state index in [1.807, 2.05) is 29.2 Å². The highest BCUT2D eigenvalue weighted by molar-refractivity contribution is 6.30. The van der Waals surface area contributed by atoms with Crippen LogP contribution in [0.4, 0.5) is 0 Å². The van der Waals surface area contributed by atoms with Gasteiger partial charge in [-0.2, -0.15) is 0 Å². The Balaban J connectivity index is 1.58. The second-order valence-electron chi connectivity index (χ2n) is 7.24. The van der Waals surface area contributed by atoms with Crippen LogP contribution < -0.4 is 5.32 Å². The average molecular weight is 348 g/mol. The molecule has 3 aliphatic rings. The molecular formula is C18H22ClN3O2. The first kappa shape index (κ1) is 15.9. The van der Waals surface area contributed by atoms with E-state index in [4.69, 9.17) is 11.6 Å². The van der Waals surface area contributed by atoms with E-state index < -0.39 is 0 Å². The minimum Gasteiger partial charge on any atom is -0.342 e. The maximum Gasteiger partial charge on any atom is 0.228 e. The Hall–Kier alpha value is -1.59. The summed E-state index contributed by atoms with van der Waals surface area (Å²) in [6.45, 7) is 3.62. The van der Waals surface area contributed by atoms with Gasteiger partial charge in [0.05, 0.1) is 12.0 Å². The van der Waals surface area contributed by atoms with E-state index in [0.717, 1.165) is 31.7 Å². The molecule has 3 heterocycles. The Kier molecular flexibility index (Phi) is 4.01. The lowest BCUT2D eigenvalue weighted by molar-refractivity contribution is -0.135. The molecular weight excluding hydrogens is 326 g/mol. The third kappa shape index (κ3) is 2.60. The first-order chi connectivity index (χ1) is 11.5. The molecule has 0 aliphatic carbocycles. The minimum absolute atomic E-state index is 0.0272. The van der Waals surface area contributed by atoms with Gasteiger partial charge in [-0.15, -0.1) is 0 Å². The van der Waals surface area contributed by atoms with Crippen LogP contribution in [0.15, 0.2) is 24.3 Å². The zero-order valence-electron chi connectivity index (χ0n) is 13.7. The van der Waals surface area contributed by atoms with Crippen molar-refractivity contribution in [3.05, 3.63) is 34.9 Å². The molecule has 3 aliphatic heterocycles. The quantitative estimate of drug-likeness (QED) is 0.883. The lowest BCUT2D eigenvalue weighted by atomic mass is 9.92. The summed E-state index contributed by atoms with van der Waals surface area (Å²) in [5.74, 6) is 0.959. The first-order valence-electron chi connectivity index (χ1n) is 8.55. The van der Waals surface area contributed by atoms with Crippen LogP contribution in [0.3, 0.4) is 0 Å². The summed E-state index contributed by atoms with van der Waals surface area (Å²) in [5.41, 5.74) is 0.940. The van der Waals surface area contributed by atoms with E-state index >= 15 is 0 Å². The monoisotopic (exact) mass is 347 g/mol. The summed E-state index contributed by atoms with van der Waals surface area (Å²) >= 11 is 6.12. The van der Waals surface area contributed by atoms with Crippen LogP contribution in [0.5, 0.6) is 0 Å². The molecule has 4 atom stereocenters.